The molecule has 1 fully saturated rings. The topological polar surface area (TPSA) is 141 Å². The summed E-state index contributed by atoms with van der Waals surface area (Å²) < 4.78 is 76.5. The molecule has 0 atom stereocenters. The molecule has 1 aliphatic rings. The third-order valence-corrected chi connectivity index (χ3v) is 10.3. The first-order valence-electron chi connectivity index (χ1n) is 12.9. The van der Waals surface area contributed by atoms with Crippen molar-refractivity contribution in [2.24, 2.45) is 0 Å². The summed E-state index contributed by atoms with van der Waals surface area (Å²) in [6, 6.07) is 16.6. The molecule has 1 N–H and O–H groups in total. The summed E-state index contributed by atoms with van der Waals surface area (Å²) in [6.07, 6.45) is 0. The second-order valence-electron chi connectivity index (χ2n) is 9.16. The monoisotopic (exact) mass is 619 g/mol. The van der Waals surface area contributed by atoms with E-state index in [0.29, 0.717) is 30.3 Å². The van der Waals surface area contributed by atoms with E-state index in [1.54, 1.807) is 24.3 Å². The lowest BCUT2D eigenvalue weighted by Crippen LogP contribution is -2.41. The minimum absolute atomic E-state index is 0.0591. The second kappa shape index (κ2) is 13.4. The van der Waals surface area contributed by atoms with Gasteiger partial charge >= 0.3 is 0 Å². The van der Waals surface area contributed by atoms with Crippen molar-refractivity contribution in [3.8, 4) is 17.2 Å². The molecule has 0 saturated carbocycles. The number of carbonyl (C=O) groups excluding carboxylic acids is 1. The Bertz CT molecular complexity index is 1590. The van der Waals surface area contributed by atoms with Crippen molar-refractivity contribution in [1.29, 1.82) is 0 Å². The van der Waals surface area contributed by atoms with E-state index >= 15 is 0 Å². The van der Waals surface area contributed by atoms with Gasteiger partial charge in [-0.2, -0.15) is 4.31 Å². The first-order valence-corrected chi connectivity index (χ1v) is 15.8. The number of hydrogen-bond donors (Lipinski definition) is 1. The third-order valence-electron chi connectivity index (χ3n) is 6.61. The predicted octanol–water partition coefficient (Wildman–Crippen LogP) is 2.25. The highest BCUT2D eigenvalue weighted by Crippen LogP contribution is 2.32. The standard InChI is InChI=1S/C28H33N3O9S2/c1-37-23-8-6-22(7-9-23)31(42(35,36)25-12-13-26(38-2)27(18-25)39-3)20-28(32)29-19-21-4-10-24(11-5-21)41(33,34)30-14-16-40-17-15-30/h4-13,18H,14-17,19-20H2,1-3H3,(H,29,32). The smallest absolute Gasteiger partial charge is 0.264 e. The number of methoxy groups -OCH3 is 3. The van der Waals surface area contributed by atoms with Gasteiger partial charge in [0.25, 0.3) is 10.0 Å². The van der Waals surface area contributed by atoms with Gasteiger partial charge in [-0.05, 0) is 54.1 Å². The average Bonchev–Trinajstić information content (AvgIpc) is 3.02. The zero-order valence-electron chi connectivity index (χ0n) is 23.5. The Morgan fingerprint density at radius 3 is 2.05 bits per heavy atom. The average molecular weight is 620 g/mol. The van der Waals surface area contributed by atoms with Gasteiger partial charge in [0.05, 0.1) is 50.0 Å². The Morgan fingerprint density at radius 1 is 0.833 bits per heavy atom. The molecule has 12 nitrogen and oxygen atoms in total. The van der Waals surface area contributed by atoms with Crippen molar-refractivity contribution in [3.63, 3.8) is 0 Å². The van der Waals surface area contributed by atoms with Gasteiger partial charge in [-0.25, -0.2) is 16.8 Å². The van der Waals surface area contributed by atoms with Crippen molar-refractivity contribution in [1.82, 2.24) is 9.62 Å². The highest BCUT2D eigenvalue weighted by molar-refractivity contribution is 7.92. The Labute approximate surface area is 245 Å². The van der Waals surface area contributed by atoms with Crippen LogP contribution in [0.4, 0.5) is 5.69 Å². The van der Waals surface area contributed by atoms with Crippen LogP contribution in [-0.2, 0) is 36.1 Å². The Hall–Kier alpha value is -3.85. The van der Waals surface area contributed by atoms with E-state index in [1.165, 1.54) is 68.1 Å². The lowest BCUT2D eigenvalue weighted by Gasteiger charge is -2.26. The zero-order chi connectivity index (χ0) is 30.3. The van der Waals surface area contributed by atoms with Crippen LogP contribution in [0.2, 0.25) is 0 Å². The van der Waals surface area contributed by atoms with Crippen LogP contribution >= 0.6 is 0 Å². The maximum atomic E-state index is 13.8. The van der Waals surface area contributed by atoms with Crippen LogP contribution in [0.5, 0.6) is 17.2 Å². The fourth-order valence-electron chi connectivity index (χ4n) is 4.27. The van der Waals surface area contributed by atoms with Crippen LogP contribution in [0.1, 0.15) is 5.56 Å². The van der Waals surface area contributed by atoms with Crippen LogP contribution < -0.4 is 23.8 Å². The number of hydrogen-bond acceptors (Lipinski definition) is 9. The van der Waals surface area contributed by atoms with Crippen LogP contribution in [0.15, 0.2) is 76.5 Å². The first-order chi connectivity index (χ1) is 20.1. The lowest BCUT2D eigenvalue weighted by molar-refractivity contribution is -0.119. The molecule has 1 amide bonds. The molecule has 0 radical (unpaired) electrons. The third kappa shape index (κ3) is 6.95. The van der Waals surface area contributed by atoms with E-state index in [2.05, 4.69) is 5.32 Å². The number of anilines is 1. The molecule has 3 aromatic rings. The maximum Gasteiger partial charge on any atom is 0.264 e. The van der Waals surface area contributed by atoms with E-state index in [-0.39, 0.29) is 40.9 Å². The van der Waals surface area contributed by atoms with Gasteiger partial charge in [0.15, 0.2) is 11.5 Å². The fourth-order valence-corrected chi connectivity index (χ4v) is 7.11. The number of nitrogens with zero attached hydrogens (tertiary/aromatic N) is 2. The number of morpholine rings is 1. The molecule has 0 bridgehead atoms. The summed E-state index contributed by atoms with van der Waals surface area (Å²) in [6.45, 7) is 0.807. The SMILES string of the molecule is COc1ccc(N(CC(=O)NCc2ccc(S(=O)(=O)N3CCOCC3)cc2)S(=O)(=O)c2ccc(OC)c(OC)c2)cc1. The van der Waals surface area contributed by atoms with Crippen molar-refractivity contribution in [3.05, 3.63) is 72.3 Å². The summed E-state index contributed by atoms with van der Waals surface area (Å²) in [5.74, 6) is 0.524. The van der Waals surface area contributed by atoms with Gasteiger partial charge in [-0.1, -0.05) is 12.1 Å². The van der Waals surface area contributed by atoms with Gasteiger partial charge in [-0.3, -0.25) is 9.10 Å². The first kappa shape index (κ1) is 31.1. The summed E-state index contributed by atoms with van der Waals surface area (Å²) in [7, 11) is -3.54. The van der Waals surface area contributed by atoms with Crippen molar-refractivity contribution >= 4 is 31.6 Å². The van der Waals surface area contributed by atoms with Crippen LogP contribution in [0, 0.1) is 0 Å². The number of rotatable bonds is 12. The molecule has 226 valence electrons. The van der Waals surface area contributed by atoms with Gasteiger partial charge in [0, 0.05) is 25.7 Å². The van der Waals surface area contributed by atoms with Crippen molar-refractivity contribution in [2.75, 3.05) is 58.5 Å². The Kier molecular flexibility index (Phi) is 9.93. The normalized spacial score (nSPS) is 14.2. The summed E-state index contributed by atoms with van der Waals surface area (Å²) in [5, 5.41) is 2.72. The van der Waals surface area contributed by atoms with Gasteiger partial charge in [0.2, 0.25) is 15.9 Å². The summed E-state index contributed by atoms with van der Waals surface area (Å²) in [4.78, 5) is 13.1. The molecule has 4 rings (SSSR count). The largest absolute Gasteiger partial charge is 0.497 e. The second-order valence-corrected chi connectivity index (χ2v) is 13.0. The number of ether oxygens (including phenoxy) is 4. The fraction of sp³-hybridized carbons (Fsp3) is 0.321. The summed E-state index contributed by atoms with van der Waals surface area (Å²) >= 11 is 0. The summed E-state index contributed by atoms with van der Waals surface area (Å²) in [5.41, 5.74) is 0.890. The Morgan fingerprint density at radius 2 is 1.45 bits per heavy atom. The molecular formula is C28H33N3O9S2. The van der Waals surface area contributed by atoms with E-state index in [1.807, 2.05) is 0 Å². The van der Waals surface area contributed by atoms with Crippen LogP contribution in [0.3, 0.4) is 0 Å². The van der Waals surface area contributed by atoms with Gasteiger partial charge in [-0.15, -0.1) is 0 Å². The van der Waals surface area contributed by atoms with Crippen LogP contribution in [-0.4, -0.2) is 81.2 Å². The van der Waals surface area contributed by atoms with E-state index < -0.39 is 32.5 Å². The molecule has 1 aliphatic heterocycles. The Balaban J connectivity index is 1.51. The predicted molar refractivity (Wildman–Crippen MR) is 155 cm³/mol. The molecule has 0 aromatic heterocycles. The molecule has 1 heterocycles. The molecule has 14 heteroatoms. The molecule has 42 heavy (non-hydrogen) atoms. The highest BCUT2D eigenvalue weighted by Gasteiger charge is 2.29. The lowest BCUT2D eigenvalue weighted by atomic mass is 10.2. The minimum Gasteiger partial charge on any atom is -0.497 e. The maximum absolute atomic E-state index is 13.8. The van der Waals surface area contributed by atoms with Crippen molar-refractivity contribution in [2.45, 2.75) is 16.3 Å². The van der Waals surface area contributed by atoms with E-state index in [4.69, 9.17) is 18.9 Å². The number of carbonyl (C=O) groups is 1. The molecule has 0 spiro atoms. The van der Waals surface area contributed by atoms with Crippen LogP contribution in [0.25, 0.3) is 0 Å². The molecule has 1 saturated heterocycles. The minimum atomic E-state index is -4.23. The molecule has 0 unspecified atom stereocenters. The van der Waals surface area contributed by atoms with Crippen molar-refractivity contribution < 1.29 is 40.6 Å². The van der Waals surface area contributed by atoms with E-state index in [0.717, 1.165) is 4.31 Å². The number of benzene rings is 3. The zero-order valence-corrected chi connectivity index (χ0v) is 25.1. The molecular weight excluding hydrogens is 586 g/mol. The van der Waals surface area contributed by atoms with Gasteiger partial charge in [0.1, 0.15) is 12.3 Å². The number of nitrogens with one attached hydrogen (secondary N) is 1. The quantitative estimate of drug-likeness (QED) is 0.323. The van der Waals surface area contributed by atoms with Gasteiger partial charge < -0.3 is 24.3 Å². The molecule has 0 aliphatic carbocycles. The number of amides is 1. The van der Waals surface area contributed by atoms with E-state index in [9.17, 15) is 21.6 Å². The molecule has 3 aromatic carbocycles. The highest BCUT2D eigenvalue weighted by atomic mass is 32.2. The number of sulfonamides is 2.